The van der Waals surface area contributed by atoms with Gasteiger partial charge in [0.2, 0.25) is 0 Å². The predicted octanol–water partition coefficient (Wildman–Crippen LogP) is 4.83. The summed E-state index contributed by atoms with van der Waals surface area (Å²) in [4.78, 5) is 10.4. The molecule has 5 heteroatoms. The van der Waals surface area contributed by atoms with E-state index in [1.54, 1.807) is 12.1 Å². The lowest BCUT2D eigenvalue weighted by atomic mass is 10.0. The number of nitro groups is 1. The van der Waals surface area contributed by atoms with E-state index in [4.69, 9.17) is 0 Å². The number of hydrogen-bond donors (Lipinski definition) is 1. The van der Waals surface area contributed by atoms with Gasteiger partial charge in [-0.3, -0.25) is 10.1 Å². The minimum Gasteiger partial charge on any atom is -0.383 e. The lowest BCUT2D eigenvalue weighted by molar-refractivity contribution is -0.385. The normalized spacial score (nSPS) is 12.5. The highest BCUT2D eigenvalue weighted by molar-refractivity contribution is 14.1. The summed E-state index contributed by atoms with van der Waals surface area (Å²) in [5.41, 5.74) is 1.12. The van der Waals surface area contributed by atoms with Gasteiger partial charge < -0.3 is 5.32 Å². The summed E-state index contributed by atoms with van der Waals surface area (Å²) in [6, 6.07) is 5.55. The van der Waals surface area contributed by atoms with Crippen LogP contribution in [0.25, 0.3) is 0 Å². The molecule has 1 N–H and O–H groups in total. The van der Waals surface area contributed by atoms with Gasteiger partial charge in [0.15, 0.2) is 0 Å². The Balaban J connectivity index is 2.53. The van der Waals surface area contributed by atoms with Crippen molar-refractivity contribution in [2.24, 2.45) is 5.92 Å². The minimum atomic E-state index is -0.350. The van der Waals surface area contributed by atoms with Gasteiger partial charge in [0.25, 0.3) is 5.69 Å². The molecule has 0 aliphatic rings. The van der Waals surface area contributed by atoms with E-state index in [-0.39, 0.29) is 10.6 Å². The zero-order valence-corrected chi connectivity index (χ0v) is 13.8. The second-order valence-electron chi connectivity index (χ2n) is 5.29. The molecule has 0 amide bonds. The van der Waals surface area contributed by atoms with Crippen molar-refractivity contribution in [2.45, 2.75) is 46.1 Å². The van der Waals surface area contributed by atoms with E-state index in [2.05, 4.69) is 26.1 Å². The fourth-order valence-corrected chi connectivity index (χ4v) is 2.65. The molecule has 0 radical (unpaired) electrons. The smallest absolute Gasteiger partial charge is 0.282 e. The molecular formula is C14H21IN2O2. The maximum Gasteiger partial charge on any atom is 0.282 e. The van der Waals surface area contributed by atoms with Crippen molar-refractivity contribution in [3.05, 3.63) is 31.9 Å². The molecule has 0 aliphatic carbocycles. The third-order valence-corrected chi connectivity index (χ3v) is 3.84. The van der Waals surface area contributed by atoms with Crippen molar-refractivity contribution in [1.82, 2.24) is 0 Å². The van der Waals surface area contributed by atoms with Crippen LogP contribution in [0.1, 0.15) is 40.0 Å². The van der Waals surface area contributed by atoms with E-state index in [9.17, 15) is 10.1 Å². The highest BCUT2D eigenvalue weighted by Gasteiger charge is 2.12. The molecule has 1 aromatic rings. The first-order valence-electron chi connectivity index (χ1n) is 6.60. The highest BCUT2D eigenvalue weighted by Crippen LogP contribution is 2.25. The third-order valence-electron chi connectivity index (χ3n) is 2.98. The minimum absolute atomic E-state index is 0.165. The maximum absolute atomic E-state index is 10.7. The van der Waals surface area contributed by atoms with Gasteiger partial charge in [0, 0.05) is 17.8 Å². The van der Waals surface area contributed by atoms with Crippen LogP contribution in [-0.4, -0.2) is 11.0 Å². The second-order valence-corrected chi connectivity index (χ2v) is 6.46. The van der Waals surface area contributed by atoms with Crippen molar-refractivity contribution in [3.8, 4) is 0 Å². The summed E-state index contributed by atoms with van der Waals surface area (Å²) in [7, 11) is 0. The first-order valence-corrected chi connectivity index (χ1v) is 7.68. The standard InChI is InChI=1S/C14H21IN2O2/c1-10(2)5-4-6-11(3)16-12-7-8-14(17(18)19)13(15)9-12/h7-11,16H,4-6H2,1-3H3. The summed E-state index contributed by atoms with van der Waals surface area (Å²) in [6.07, 6.45) is 3.56. The maximum atomic E-state index is 10.7. The topological polar surface area (TPSA) is 55.2 Å². The van der Waals surface area contributed by atoms with Crippen LogP contribution in [0.3, 0.4) is 0 Å². The van der Waals surface area contributed by atoms with E-state index in [0.717, 1.165) is 18.0 Å². The Kier molecular flexibility index (Phi) is 6.54. The molecule has 1 unspecified atom stereocenters. The summed E-state index contributed by atoms with van der Waals surface area (Å²) in [5.74, 6) is 0.743. The van der Waals surface area contributed by atoms with Crippen LogP contribution in [0.5, 0.6) is 0 Å². The molecule has 0 saturated heterocycles. The van der Waals surface area contributed by atoms with Crippen molar-refractivity contribution < 1.29 is 4.92 Å². The van der Waals surface area contributed by atoms with Crippen LogP contribution >= 0.6 is 22.6 Å². The number of benzene rings is 1. The van der Waals surface area contributed by atoms with Gasteiger partial charge in [-0.2, -0.15) is 0 Å². The largest absolute Gasteiger partial charge is 0.383 e. The summed E-state index contributed by atoms with van der Waals surface area (Å²) in [6.45, 7) is 6.61. The van der Waals surface area contributed by atoms with E-state index >= 15 is 0 Å². The van der Waals surface area contributed by atoms with Gasteiger partial charge in [0.05, 0.1) is 8.49 Å². The fraction of sp³-hybridized carbons (Fsp3) is 0.571. The molecule has 19 heavy (non-hydrogen) atoms. The summed E-state index contributed by atoms with van der Waals surface area (Å²) >= 11 is 2.00. The van der Waals surface area contributed by atoms with Crippen LogP contribution in [0.4, 0.5) is 11.4 Å². The first kappa shape index (κ1) is 16.2. The molecule has 0 heterocycles. The number of halogens is 1. The average molecular weight is 376 g/mol. The molecular weight excluding hydrogens is 355 g/mol. The molecule has 0 bridgehead atoms. The van der Waals surface area contributed by atoms with Crippen LogP contribution in [0.2, 0.25) is 0 Å². The van der Waals surface area contributed by atoms with Crippen molar-refractivity contribution >= 4 is 34.0 Å². The summed E-state index contributed by atoms with van der Waals surface area (Å²) in [5, 5.41) is 14.1. The number of nitro benzene ring substituents is 1. The molecule has 0 spiro atoms. The van der Waals surface area contributed by atoms with Gasteiger partial charge >= 0.3 is 0 Å². The Hall–Kier alpha value is -0.850. The zero-order chi connectivity index (χ0) is 14.4. The number of rotatable bonds is 7. The zero-order valence-electron chi connectivity index (χ0n) is 11.6. The molecule has 0 aromatic heterocycles. The molecule has 1 atom stereocenters. The summed E-state index contributed by atoms with van der Waals surface area (Å²) < 4.78 is 0.669. The van der Waals surface area contributed by atoms with E-state index in [1.165, 1.54) is 12.8 Å². The quantitative estimate of drug-likeness (QED) is 0.422. The average Bonchev–Trinajstić information content (AvgIpc) is 2.27. The predicted molar refractivity (Wildman–Crippen MR) is 87.6 cm³/mol. The van der Waals surface area contributed by atoms with Gasteiger partial charge in [-0.15, -0.1) is 0 Å². The van der Waals surface area contributed by atoms with Gasteiger partial charge in [-0.05, 0) is 54.0 Å². The van der Waals surface area contributed by atoms with E-state index in [1.807, 2.05) is 28.7 Å². The monoisotopic (exact) mass is 376 g/mol. The van der Waals surface area contributed by atoms with Crippen LogP contribution in [0, 0.1) is 19.6 Å². The number of nitrogens with one attached hydrogen (secondary N) is 1. The molecule has 4 nitrogen and oxygen atoms in total. The van der Waals surface area contributed by atoms with Crippen LogP contribution < -0.4 is 5.32 Å². The van der Waals surface area contributed by atoms with Crippen molar-refractivity contribution in [3.63, 3.8) is 0 Å². The van der Waals surface area contributed by atoms with Crippen LogP contribution in [0.15, 0.2) is 18.2 Å². The molecule has 0 aliphatic heterocycles. The number of anilines is 1. The Morgan fingerprint density at radius 1 is 1.32 bits per heavy atom. The molecule has 0 fully saturated rings. The molecule has 0 saturated carbocycles. The third kappa shape index (κ3) is 5.76. The Morgan fingerprint density at radius 2 is 2.00 bits per heavy atom. The number of nitrogens with zero attached hydrogens (tertiary/aromatic N) is 1. The Labute approximate surface area is 128 Å². The van der Waals surface area contributed by atoms with E-state index in [0.29, 0.717) is 9.61 Å². The number of hydrogen-bond acceptors (Lipinski definition) is 3. The fourth-order valence-electron chi connectivity index (χ4n) is 1.93. The molecule has 1 aromatic carbocycles. The lowest BCUT2D eigenvalue weighted by Crippen LogP contribution is -2.15. The SMILES string of the molecule is CC(C)CCCC(C)Nc1ccc([N+](=O)[O-])c(I)c1. The highest BCUT2D eigenvalue weighted by atomic mass is 127. The Bertz CT molecular complexity index is 435. The Morgan fingerprint density at radius 3 is 2.53 bits per heavy atom. The van der Waals surface area contributed by atoms with Gasteiger partial charge in [-0.1, -0.05) is 26.7 Å². The van der Waals surface area contributed by atoms with Gasteiger partial charge in [-0.25, -0.2) is 0 Å². The lowest BCUT2D eigenvalue weighted by Gasteiger charge is -2.16. The van der Waals surface area contributed by atoms with Crippen molar-refractivity contribution in [1.29, 1.82) is 0 Å². The molecule has 106 valence electrons. The second kappa shape index (κ2) is 7.67. The van der Waals surface area contributed by atoms with Gasteiger partial charge in [0.1, 0.15) is 0 Å². The van der Waals surface area contributed by atoms with Crippen LogP contribution in [-0.2, 0) is 0 Å². The van der Waals surface area contributed by atoms with E-state index < -0.39 is 0 Å². The van der Waals surface area contributed by atoms with Crippen molar-refractivity contribution in [2.75, 3.05) is 5.32 Å². The molecule has 1 rings (SSSR count). The first-order chi connectivity index (χ1) is 8.90.